The van der Waals surface area contributed by atoms with Crippen LogP contribution in [0.4, 0.5) is 22.0 Å². The van der Waals surface area contributed by atoms with Crippen LogP contribution in [0.3, 0.4) is 0 Å². The second kappa shape index (κ2) is 7.19. The van der Waals surface area contributed by atoms with Crippen LogP contribution in [0.5, 0.6) is 0 Å². The number of nitrogens with zero attached hydrogens (tertiary/aromatic N) is 3. The fourth-order valence-corrected chi connectivity index (χ4v) is 3.20. The first-order chi connectivity index (χ1) is 14.3. The monoisotopic (exact) mass is 411 g/mol. The van der Waals surface area contributed by atoms with E-state index < -0.39 is 23.5 Å². The number of aromatic nitrogens is 2. The molecule has 8 heteroatoms. The van der Waals surface area contributed by atoms with Gasteiger partial charge in [-0.25, -0.2) is 18.7 Å². The molecule has 0 spiro atoms. The molecule has 0 bridgehead atoms. The van der Waals surface area contributed by atoms with E-state index in [1.54, 1.807) is 12.1 Å². The highest BCUT2D eigenvalue weighted by Gasteiger charge is 2.32. The highest BCUT2D eigenvalue weighted by Crippen LogP contribution is 2.35. The van der Waals surface area contributed by atoms with Crippen molar-refractivity contribution in [1.82, 2.24) is 9.97 Å². The Kier molecular flexibility index (Phi) is 4.66. The van der Waals surface area contributed by atoms with Crippen molar-refractivity contribution in [3.63, 3.8) is 0 Å². The first-order valence-corrected chi connectivity index (χ1v) is 8.61. The molecule has 2 aromatic heterocycles. The molecule has 4 aromatic rings. The van der Waals surface area contributed by atoms with Crippen molar-refractivity contribution >= 4 is 11.0 Å². The fourth-order valence-electron chi connectivity index (χ4n) is 3.20. The van der Waals surface area contributed by atoms with Crippen LogP contribution >= 0.6 is 0 Å². The number of alkyl halides is 3. The van der Waals surface area contributed by atoms with Crippen LogP contribution in [0.1, 0.15) is 11.3 Å². The Hall–Kier alpha value is -3.86. The topological polar surface area (TPSA) is 49.6 Å². The largest absolute Gasteiger partial charge is 0.433 e. The van der Waals surface area contributed by atoms with Crippen LogP contribution < -0.4 is 0 Å². The maximum absolute atomic E-state index is 14.5. The van der Waals surface area contributed by atoms with E-state index in [2.05, 4.69) is 9.97 Å². The van der Waals surface area contributed by atoms with E-state index in [1.165, 1.54) is 36.5 Å². The maximum atomic E-state index is 14.5. The van der Waals surface area contributed by atoms with Crippen molar-refractivity contribution in [2.24, 2.45) is 0 Å². The lowest BCUT2D eigenvalue weighted by molar-refractivity contribution is -0.141. The number of fused-ring (bicyclic) bond motifs is 1. The van der Waals surface area contributed by atoms with E-state index in [0.29, 0.717) is 16.5 Å². The summed E-state index contributed by atoms with van der Waals surface area (Å²) in [5.74, 6) is -1.45. The Morgan fingerprint density at radius 3 is 2.37 bits per heavy atom. The fraction of sp³-hybridized carbons (Fsp3) is 0.0455. The van der Waals surface area contributed by atoms with E-state index in [9.17, 15) is 27.2 Å². The first kappa shape index (κ1) is 19.5. The van der Waals surface area contributed by atoms with Gasteiger partial charge < -0.3 is 0 Å². The molecule has 0 atom stereocenters. The molecule has 0 aliphatic heterocycles. The number of hydrogen-bond acceptors (Lipinski definition) is 3. The minimum atomic E-state index is -4.61. The standard InChI is InChI=1S/C22H10F5N3/c23-18-3-1-2-14(17(18)11-28)16-10-12(4-6-19(16)24)13-8-9-29-21-15(13)5-7-20(30-21)22(25,26)27/h1-10H. The van der Waals surface area contributed by atoms with Crippen molar-refractivity contribution in [2.75, 3.05) is 0 Å². The number of pyridine rings is 2. The van der Waals surface area contributed by atoms with Crippen molar-refractivity contribution in [3.8, 4) is 28.3 Å². The number of halogens is 5. The molecular formula is C22H10F5N3. The van der Waals surface area contributed by atoms with E-state index in [1.807, 2.05) is 0 Å². The predicted octanol–water partition coefficient (Wildman–Crippen LogP) is 6.13. The maximum Gasteiger partial charge on any atom is 0.433 e. The highest BCUT2D eigenvalue weighted by molar-refractivity contribution is 5.93. The Morgan fingerprint density at radius 2 is 1.63 bits per heavy atom. The summed E-state index contributed by atoms with van der Waals surface area (Å²) in [6, 6.07) is 13.3. The van der Waals surface area contributed by atoms with Gasteiger partial charge in [0.1, 0.15) is 23.4 Å². The Morgan fingerprint density at radius 1 is 0.833 bits per heavy atom. The third kappa shape index (κ3) is 3.35. The molecule has 148 valence electrons. The summed E-state index contributed by atoms with van der Waals surface area (Å²) in [5, 5.41) is 9.59. The smallest absolute Gasteiger partial charge is 0.237 e. The summed E-state index contributed by atoms with van der Waals surface area (Å²) in [6.07, 6.45) is -3.31. The Labute approximate surface area is 167 Å². The van der Waals surface area contributed by atoms with Gasteiger partial charge in [-0.3, -0.25) is 0 Å². The zero-order valence-electron chi connectivity index (χ0n) is 15.0. The first-order valence-electron chi connectivity index (χ1n) is 8.61. The normalized spacial score (nSPS) is 11.5. The van der Waals surface area contributed by atoms with Gasteiger partial charge >= 0.3 is 6.18 Å². The van der Waals surface area contributed by atoms with Gasteiger partial charge in [0.25, 0.3) is 0 Å². The summed E-state index contributed by atoms with van der Waals surface area (Å²) >= 11 is 0. The minimum Gasteiger partial charge on any atom is -0.237 e. The van der Waals surface area contributed by atoms with Gasteiger partial charge in [0.05, 0.1) is 5.56 Å². The number of rotatable bonds is 2. The molecule has 0 radical (unpaired) electrons. The summed E-state index contributed by atoms with van der Waals surface area (Å²) in [4.78, 5) is 7.47. The highest BCUT2D eigenvalue weighted by atomic mass is 19.4. The van der Waals surface area contributed by atoms with Crippen molar-refractivity contribution in [2.45, 2.75) is 6.18 Å². The van der Waals surface area contributed by atoms with E-state index in [-0.39, 0.29) is 22.3 Å². The average Bonchev–Trinajstić information content (AvgIpc) is 2.72. The lowest BCUT2D eigenvalue weighted by Crippen LogP contribution is -2.08. The van der Waals surface area contributed by atoms with Crippen LogP contribution in [0.2, 0.25) is 0 Å². The van der Waals surface area contributed by atoms with Gasteiger partial charge in [0, 0.05) is 22.7 Å². The van der Waals surface area contributed by atoms with Crippen LogP contribution in [0.15, 0.2) is 60.8 Å². The van der Waals surface area contributed by atoms with Gasteiger partial charge in [-0.1, -0.05) is 18.2 Å². The molecule has 30 heavy (non-hydrogen) atoms. The number of benzene rings is 2. The van der Waals surface area contributed by atoms with E-state index >= 15 is 0 Å². The van der Waals surface area contributed by atoms with E-state index in [0.717, 1.165) is 18.2 Å². The zero-order chi connectivity index (χ0) is 21.5. The number of nitriles is 1. The molecule has 0 aliphatic rings. The third-order valence-electron chi connectivity index (χ3n) is 4.59. The molecule has 0 saturated carbocycles. The van der Waals surface area contributed by atoms with Crippen molar-refractivity contribution in [3.05, 3.63) is 83.7 Å². The lowest BCUT2D eigenvalue weighted by atomic mass is 9.94. The molecule has 0 N–H and O–H groups in total. The zero-order valence-corrected chi connectivity index (χ0v) is 15.0. The summed E-state index contributed by atoms with van der Waals surface area (Å²) < 4.78 is 67.3. The third-order valence-corrected chi connectivity index (χ3v) is 4.59. The summed E-state index contributed by atoms with van der Waals surface area (Å²) in [7, 11) is 0. The van der Waals surface area contributed by atoms with Crippen LogP contribution in [0.25, 0.3) is 33.3 Å². The van der Waals surface area contributed by atoms with Crippen molar-refractivity contribution in [1.29, 1.82) is 5.26 Å². The van der Waals surface area contributed by atoms with Crippen molar-refractivity contribution < 1.29 is 22.0 Å². The molecule has 0 saturated heterocycles. The second-order valence-electron chi connectivity index (χ2n) is 6.39. The van der Waals surface area contributed by atoms with Gasteiger partial charge in [-0.05, 0) is 47.5 Å². The SMILES string of the molecule is N#Cc1c(F)cccc1-c1cc(-c2ccnc3nc(C(F)(F)F)ccc23)ccc1F. The average molecular weight is 411 g/mol. The van der Waals surface area contributed by atoms with Crippen LogP contribution in [-0.4, -0.2) is 9.97 Å². The predicted molar refractivity (Wildman–Crippen MR) is 100 cm³/mol. The molecule has 4 rings (SSSR count). The molecule has 2 heterocycles. The van der Waals surface area contributed by atoms with Gasteiger partial charge in [0.2, 0.25) is 0 Å². The number of hydrogen-bond donors (Lipinski definition) is 0. The van der Waals surface area contributed by atoms with Crippen LogP contribution in [-0.2, 0) is 6.18 Å². The van der Waals surface area contributed by atoms with Gasteiger partial charge in [-0.15, -0.1) is 0 Å². The van der Waals surface area contributed by atoms with Gasteiger partial charge in [-0.2, -0.15) is 18.4 Å². The molecule has 2 aromatic carbocycles. The van der Waals surface area contributed by atoms with Gasteiger partial charge in [0.15, 0.2) is 5.65 Å². The molecule has 0 aliphatic carbocycles. The Balaban J connectivity index is 1.91. The quantitative estimate of drug-likeness (QED) is 0.373. The molecular weight excluding hydrogens is 401 g/mol. The summed E-state index contributed by atoms with van der Waals surface area (Å²) in [5.41, 5.74) is -0.494. The Bertz CT molecular complexity index is 1320. The van der Waals surface area contributed by atoms with Crippen LogP contribution in [0, 0.1) is 23.0 Å². The molecule has 0 amide bonds. The van der Waals surface area contributed by atoms with E-state index in [4.69, 9.17) is 0 Å². The molecule has 3 nitrogen and oxygen atoms in total. The minimum absolute atomic E-state index is 0.00613. The lowest BCUT2D eigenvalue weighted by Gasteiger charge is -2.12. The molecule has 0 unspecified atom stereocenters. The summed E-state index contributed by atoms with van der Waals surface area (Å²) in [6.45, 7) is 0. The second-order valence-corrected chi connectivity index (χ2v) is 6.39. The molecule has 0 fully saturated rings.